The van der Waals surface area contributed by atoms with E-state index in [1.165, 1.54) is 12.1 Å². The molecule has 1 N–H and O–H groups in total. The molecule has 0 spiro atoms. The second-order valence-corrected chi connectivity index (χ2v) is 14.3. The summed E-state index contributed by atoms with van der Waals surface area (Å²) in [6.07, 6.45) is 5.75. The van der Waals surface area contributed by atoms with Gasteiger partial charge in [0.1, 0.15) is 23.8 Å². The number of rotatable bonds is 5. The minimum absolute atomic E-state index is 0.137. The van der Waals surface area contributed by atoms with E-state index in [1.807, 2.05) is 13.0 Å². The highest BCUT2D eigenvalue weighted by Gasteiger charge is 2.77. The van der Waals surface area contributed by atoms with Gasteiger partial charge in [-0.15, -0.1) is 0 Å². The number of alkyl halides is 2. The molecule has 2 aromatic heterocycles. The normalized spacial score (nSPS) is 36.7. The number of allylic oxidation sites excluding steroid dienone is 1. The van der Waals surface area contributed by atoms with Crippen molar-refractivity contribution in [3.8, 4) is 5.69 Å². The van der Waals surface area contributed by atoms with Gasteiger partial charge in [-0.05, 0) is 85.7 Å². The standard InChI is InChI=1S/C33H34F3N3O5S/c1-18-10-24-23-9-4-20-11-26-19(14-38-39(26)22-7-5-21(35)6-8-22)12-30(20,2)32(23,36)27(40)13-31(24,3)33(18,29(42)45-16-34)44-28(41)25-15-43-17-37-25/h5-8,11,14-15,17-18,23-24,27,40H,4,9-10,12-13,16H2,1-3H3/t18-,23+,24+,27+,30+,31+,32+,33+/m1/s1. The first-order valence-corrected chi connectivity index (χ1v) is 16.1. The molecule has 0 radical (unpaired) electrons. The van der Waals surface area contributed by atoms with Crippen LogP contribution >= 0.6 is 11.8 Å². The number of aliphatic hydroxyl groups is 1. The topological polar surface area (TPSA) is 107 Å². The van der Waals surface area contributed by atoms with Crippen LogP contribution in [-0.4, -0.2) is 54.3 Å². The fourth-order valence-electron chi connectivity index (χ4n) is 9.53. The molecule has 0 bridgehead atoms. The quantitative estimate of drug-likeness (QED) is 0.325. The van der Waals surface area contributed by atoms with E-state index in [0.717, 1.165) is 29.5 Å². The number of esters is 1. The van der Waals surface area contributed by atoms with Crippen molar-refractivity contribution in [3.63, 3.8) is 0 Å². The summed E-state index contributed by atoms with van der Waals surface area (Å²) >= 11 is 0.424. The fraction of sp³-hybridized carbons (Fsp3) is 0.515. The van der Waals surface area contributed by atoms with Gasteiger partial charge in [-0.3, -0.25) is 4.79 Å². The lowest BCUT2D eigenvalue weighted by molar-refractivity contribution is -0.224. The van der Waals surface area contributed by atoms with E-state index in [-0.39, 0.29) is 17.9 Å². The van der Waals surface area contributed by atoms with Gasteiger partial charge in [-0.25, -0.2) is 27.6 Å². The molecule has 8 atom stereocenters. The fourth-order valence-corrected chi connectivity index (χ4v) is 10.3. The molecule has 3 saturated carbocycles. The van der Waals surface area contributed by atoms with Gasteiger partial charge in [-0.1, -0.05) is 26.3 Å². The second kappa shape index (κ2) is 10.3. The van der Waals surface area contributed by atoms with Crippen molar-refractivity contribution in [3.05, 3.63) is 71.5 Å². The van der Waals surface area contributed by atoms with E-state index >= 15 is 4.39 Å². The summed E-state index contributed by atoms with van der Waals surface area (Å²) in [5, 5.41) is 15.9. The van der Waals surface area contributed by atoms with Gasteiger partial charge in [0, 0.05) is 22.7 Å². The van der Waals surface area contributed by atoms with Crippen LogP contribution in [0.4, 0.5) is 13.2 Å². The third kappa shape index (κ3) is 3.96. The zero-order chi connectivity index (χ0) is 31.9. The summed E-state index contributed by atoms with van der Waals surface area (Å²) in [6, 6.07) is 4.99. The summed E-state index contributed by atoms with van der Waals surface area (Å²) < 4.78 is 58.2. The Kier molecular flexibility index (Phi) is 6.94. The summed E-state index contributed by atoms with van der Waals surface area (Å²) in [5.41, 5.74) is -3.13. The highest BCUT2D eigenvalue weighted by Crippen LogP contribution is 2.72. The predicted molar refractivity (Wildman–Crippen MR) is 159 cm³/mol. The average molecular weight is 642 g/mol. The summed E-state index contributed by atoms with van der Waals surface area (Å²) in [7, 11) is 0. The molecule has 0 unspecified atom stereocenters. The second-order valence-electron chi connectivity index (χ2n) is 13.5. The van der Waals surface area contributed by atoms with Crippen LogP contribution in [-0.2, 0) is 16.0 Å². The lowest BCUT2D eigenvalue weighted by Crippen LogP contribution is -2.70. The first-order chi connectivity index (χ1) is 21.4. The van der Waals surface area contributed by atoms with Crippen molar-refractivity contribution >= 4 is 28.9 Å². The van der Waals surface area contributed by atoms with Gasteiger partial charge in [0.25, 0.3) is 0 Å². The van der Waals surface area contributed by atoms with Crippen LogP contribution in [0.1, 0.15) is 68.2 Å². The molecule has 3 fully saturated rings. The largest absolute Gasteiger partial charge is 0.451 e. The van der Waals surface area contributed by atoms with E-state index in [2.05, 4.69) is 10.1 Å². The van der Waals surface area contributed by atoms with Gasteiger partial charge in [0.15, 0.2) is 17.7 Å². The van der Waals surface area contributed by atoms with Crippen molar-refractivity contribution in [2.24, 2.45) is 28.6 Å². The Labute approximate surface area is 262 Å². The number of aliphatic hydroxyl groups excluding tert-OH is 1. The molecule has 1 aromatic carbocycles. The van der Waals surface area contributed by atoms with Crippen molar-refractivity contribution in [2.45, 2.75) is 70.2 Å². The number of fused-ring (bicyclic) bond motifs is 6. The number of aromatic nitrogens is 3. The Bertz CT molecular complexity index is 1700. The zero-order valence-corrected chi connectivity index (χ0v) is 26.0. The Hall–Kier alpha value is -3.38. The Morgan fingerprint density at radius 1 is 1.22 bits per heavy atom. The maximum Gasteiger partial charge on any atom is 0.361 e. The molecule has 7 rings (SSSR count). The highest BCUT2D eigenvalue weighted by molar-refractivity contribution is 8.13. The number of ether oxygens (including phenoxy) is 1. The SMILES string of the molecule is C[C@@H]1C[C@H]2[C@@H]3CCC4=Cc5c(cnn5-c5ccc(F)cc5)C[C@]4(C)[C@@]3(F)[C@@H](O)C[C@]2(C)[C@@]1(OC(=O)c1cocn1)C(=O)SCF. The maximum atomic E-state index is 18.2. The van der Waals surface area contributed by atoms with Crippen molar-refractivity contribution in [2.75, 3.05) is 6.01 Å². The van der Waals surface area contributed by atoms with Crippen LogP contribution < -0.4 is 0 Å². The molecular weight excluding hydrogens is 607 g/mol. The van der Waals surface area contributed by atoms with Crippen LogP contribution in [0, 0.1) is 34.4 Å². The first-order valence-electron chi connectivity index (χ1n) is 15.2. The van der Waals surface area contributed by atoms with Gasteiger partial charge in [0.2, 0.25) is 5.12 Å². The lowest BCUT2D eigenvalue weighted by atomic mass is 9.44. The number of thioether (sulfide) groups is 1. The summed E-state index contributed by atoms with van der Waals surface area (Å²) in [6.45, 7) is 5.40. The van der Waals surface area contributed by atoms with Crippen molar-refractivity contribution in [1.29, 1.82) is 0 Å². The molecule has 0 amide bonds. The van der Waals surface area contributed by atoms with Crippen molar-refractivity contribution < 1.29 is 37.0 Å². The van der Waals surface area contributed by atoms with Gasteiger partial charge in [0.05, 0.1) is 23.7 Å². The number of benzene rings is 1. The molecule has 238 valence electrons. The van der Waals surface area contributed by atoms with Crippen LogP contribution in [0.2, 0.25) is 0 Å². The molecule has 4 aliphatic carbocycles. The van der Waals surface area contributed by atoms with Gasteiger partial charge < -0.3 is 14.3 Å². The van der Waals surface area contributed by atoms with Crippen LogP contribution in [0.15, 0.2) is 53.1 Å². The third-order valence-electron chi connectivity index (χ3n) is 11.6. The van der Waals surface area contributed by atoms with Gasteiger partial charge >= 0.3 is 5.97 Å². The molecule has 0 aliphatic heterocycles. The molecule has 2 heterocycles. The molecule has 4 aliphatic rings. The Balaban J connectivity index is 1.28. The number of oxazole rings is 1. The highest BCUT2D eigenvalue weighted by atomic mass is 32.2. The lowest BCUT2D eigenvalue weighted by Gasteiger charge is -2.63. The van der Waals surface area contributed by atoms with Crippen LogP contribution in [0.3, 0.4) is 0 Å². The molecule has 8 nitrogen and oxygen atoms in total. The number of halogens is 3. The maximum absolute atomic E-state index is 18.2. The van der Waals surface area contributed by atoms with E-state index < -0.39 is 63.0 Å². The van der Waals surface area contributed by atoms with Crippen molar-refractivity contribution in [1.82, 2.24) is 14.8 Å². The molecule has 0 saturated heterocycles. The third-order valence-corrected chi connectivity index (χ3v) is 12.2. The summed E-state index contributed by atoms with van der Waals surface area (Å²) in [4.78, 5) is 31.0. The molecule has 12 heteroatoms. The first kappa shape index (κ1) is 30.3. The Morgan fingerprint density at radius 2 is 1.98 bits per heavy atom. The molecule has 3 aromatic rings. The monoisotopic (exact) mass is 641 g/mol. The average Bonchev–Trinajstić information content (AvgIpc) is 3.72. The molecular formula is C33H34F3N3O5S. The molecule has 45 heavy (non-hydrogen) atoms. The number of hydrogen-bond acceptors (Lipinski definition) is 8. The van der Waals surface area contributed by atoms with E-state index in [0.29, 0.717) is 43.1 Å². The number of carbonyl (C=O) groups excluding carboxylic acids is 2. The summed E-state index contributed by atoms with van der Waals surface area (Å²) in [5.74, 6) is -2.95. The predicted octanol–water partition coefficient (Wildman–Crippen LogP) is 6.27. The zero-order valence-electron chi connectivity index (χ0n) is 25.1. The van der Waals surface area contributed by atoms with E-state index in [9.17, 15) is 23.5 Å². The Morgan fingerprint density at radius 3 is 2.67 bits per heavy atom. The smallest absolute Gasteiger partial charge is 0.361 e. The van der Waals surface area contributed by atoms with E-state index in [4.69, 9.17) is 9.15 Å². The number of nitrogens with zero attached hydrogens (tertiary/aromatic N) is 3. The minimum atomic E-state index is -2.07. The number of hydrogen-bond donors (Lipinski definition) is 1. The van der Waals surface area contributed by atoms with Crippen LogP contribution in [0.25, 0.3) is 11.8 Å². The minimum Gasteiger partial charge on any atom is -0.451 e. The van der Waals surface area contributed by atoms with Gasteiger partial charge in [-0.2, -0.15) is 5.10 Å². The number of carbonyl (C=O) groups is 2. The van der Waals surface area contributed by atoms with Crippen LogP contribution in [0.5, 0.6) is 0 Å². The van der Waals surface area contributed by atoms with E-state index in [1.54, 1.807) is 36.9 Å².